The van der Waals surface area contributed by atoms with Gasteiger partial charge in [0.2, 0.25) is 11.8 Å². The Kier molecular flexibility index (Phi) is 7.81. The lowest BCUT2D eigenvalue weighted by molar-refractivity contribution is -0.136. The summed E-state index contributed by atoms with van der Waals surface area (Å²) in [4.78, 5) is 28.6. The number of amides is 2. The van der Waals surface area contributed by atoms with Gasteiger partial charge in [-0.25, -0.2) is 0 Å². The van der Waals surface area contributed by atoms with E-state index in [-0.39, 0.29) is 17.7 Å². The third kappa shape index (κ3) is 6.17. The average Bonchev–Trinajstić information content (AvgIpc) is 2.95. The summed E-state index contributed by atoms with van der Waals surface area (Å²) in [6.07, 6.45) is 2.85. The molecule has 0 aliphatic carbocycles. The molecule has 0 bridgehead atoms. The molecule has 1 aliphatic heterocycles. The van der Waals surface area contributed by atoms with Gasteiger partial charge in [-0.15, -0.1) is 0 Å². The quantitative estimate of drug-likeness (QED) is 0.373. The molecule has 5 heteroatoms. The van der Waals surface area contributed by atoms with Gasteiger partial charge in [0.1, 0.15) is 6.04 Å². The molecule has 0 spiro atoms. The van der Waals surface area contributed by atoms with Crippen molar-refractivity contribution in [2.75, 3.05) is 26.7 Å². The number of nitrogens with zero attached hydrogens (tertiary/aromatic N) is 1. The Morgan fingerprint density at radius 2 is 1.41 bits per heavy atom. The lowest BCUT2D eigenvalue weighted by Crippen LogP contribution is -2.51. The molecular formula is C32H35N3O2. The second-order valence-corrected chi connectivity index (χ2v) is 10.2. The highest BCUT2D eigenvalue weighted by Crippen LogP contribution is 2.19. The molecule has 4 aromatic rings. The first-order chi connectivity index (χ1) is 18.1. The maximum absolute atomic E-state index is 13.7. The summed E-state index contributed by atoms with van der Waals surface area (Å²) in [6, 6.07) is 28.7. The van der Waals surface area contributed by atoms with E-state index in [1.165, 1.54) is 21.7 Å². The minimum absolute atomic E-state index is 0.0106. The highest BCUT2D eigenvalue weighted by molar-refractivity contribution is 5.89. The van der Waals surface area contributed by atoms with Crippen molar-refractivity contribution in [3.05, 3.63) is 96.1 Å². The second kappa shape index (κ2) is 11.6. The Morgan fingerprint density at radius 1 is 0.838 bits per heavy atom. The van der Waals surface area contributed by atoms with Crippen LogP contribution >= 0.6 is 0 Å². The number of benzene rings is 4. The SMILES string of the molecule is CN(CCc1ccc2ccccc2c1)C(=O)C(Cc1ccc2ccccc2c1)NC(=O)C1CCNCC1. The maximum atomic E-state index is 13.7. The van der Waals surface area contributed by atoms with Gasteiger partial charge < -0.3 is 15.5 Å². The number of carbonyl (C=O) groups excluding carboxylic acids is 2. The van der Waals surface area contributed by atoms with Crippen molar-refractivity contribution < 1.29 is 9.59 Å². The number of likely N-dealkylation sites (N-methyl/N-ethyl adjacent to an activating group) is 1. The molecule has 37 heavy (non-hydrogen) atoms. The number of carbonyl (C=O) groups is 2. The van der Waals surface area contributed by atoms with Crippen LogP contribution in [-0.2, 0) is 22.4 Å². The molecule has 190 valence electrons. The Hall–Kier alpha value is -3.70. The van der Waals surface area contributed by atoms with E-state index in [2.05, 4.69) is 71.3 Å². The topological polar surface area (TPSA) is 61.4 Å². The third-order valence-corrected chi connectivity index (χ3v) is 7.50. The van der Waals surface area contributed by atoms with Crippen molar-refractivity contribution in [1.82, 2.24) is 15.5 Å². The molecular weight excluding hydrogens is 458 g/mol. The highest BCUT2D eigenvalue weighted by atomic mass is 16.2. The fourth-order valence-corrected chi connectivity index (χ4v) is 5.24. The van der Waals surface area contributed by atoms with Crippen molar-refractivity contribution in [2.24, 2.45) is 5.92 Å². The molecule has 0 radical (unpaired) electrons. The summed E-state index contributed by atoms with van der Waals surface area (Å²) in [7, 11) is 1.84. The highest BCUT2D eigenvalue weighted by Gasteiger charge is 2.28. The van der Waals surface area contributed by atoms with Gasteiger partial charge in [0.25, 0.3) is 0 Å². The van der Waals surface area contributed by atoms with Crippen molar-refractivity contribution in [3.63, 3.8) is 0 Å². The third-order valence-electron chi connectivity index (χ3n) is 7.50. The van der Waals surface area contributed by atoms with Gasteiger partial charge >= 0.3 is 0 Å². The minimum Gasteiger partial charge on any atom is -0.344 e. The summed E-state index contributed by atoms with van der Waals surface area (Å²) >= 11 is 0. The zero-order valence-corrected chi connectivity index (χ0v) is 21.5. The van der Waals surface area contributed by atoms with Crippen LogP contribution in [0.15, 0.2) is 84.9 Å². The van der Waals surface area contributed by atoms with E-state index in [0.29, 0.717) is 13.0 Å². The van der Waals surface area contributed by atoms with Crippen LogP contribution in [0.5, 0.6) is 0 Å². The van der Waals surface area contributed by atoms with E-state index in [1.807, 2.05) is 31.3 Å². The lowest BCUT2D eigenvalue weighted by atomic mass is 9.95. The normalized spacial score (nSPS) is 14.9. The van der Waals surface area contributed by atoms with Gasteiger partial charge in [-0.2, -0.15) is 0 Å². The number of nitrogens with one attached hydrogen (secondary N) is 2. The summed E-state index contributed by atoms with van der Waals surface area (Å²) in [5.41, 5.74) is 2.24. The zero-order chi connectivity index (χ0) is 25.6. The van der Waals surface area contributed by atoms with E-state index in [1.54, 1.807) is 4.90 Å². The van der Waals surface area contributed by atoms with Crippen LogP contribution in [0.3, 0.4) is 0 Å². The predicted octanol–water partition coefficient (Wildman–Crippen LogP) is 4.72. The molecule has 5 nitrogen and oxygen atoms in total. The summed E-state index contributed by atoms with van der Waals surface area (Å²) < 4.78 is 0. The smallest absolute Gasteiger partial charge is 0.245 e. The molecule has 2 amide bonds. The van der Waals surface area contributed by atoms with Gasteiger partial charge in [-0.05, 0) is 65.0 Å². The molecule has 1 saturated heterocycles. The number of fused-ring (bicyclic) bond motifs is 2. The van der Waals surface area contributed by atoms with E-state index in [4.69, 9.17) is 0 Å². The summed E-state index contributed by atoms with van der Waals surface area (Å²) in [6.45, 7) is 2.27. The van der Waals surface area contributed by atoms with Crippen molar-refractivity contribution in [2.45, 2.75) is 31.7 Å². The molecule has 1 heterocycles. The van der Waals surface area contributed by atoms with Crippen molar-refractivity contribution in [3.8, 4) is 0 Å². The van der Waals surface area contributed by atoms with E-state index in [0.717, 1.165) is 43.3 Å². The Morgan fingerprint density at radius 3 is 2.05 bits per heavy atom. The van der Waals surface area contributed by atoms with Crippen LogP contribution in [0.1, 0.15) is 24.0 Å². The van der Waals surface area contributed by atoms with Crippen LogP contribution in [-0.4, -0.2) is 49.4 Å². The van der Waals surface area contributed by atoms with Gasteiger partial charge in [0.15, 0.2) is 0 Å². The van der Waals surface area contributed by atoms with Crippen LogP contribution in [0.4, 0.5) is 0 Å². The maximum Gasteiger partial charge on any atom is 0.245 e. The van der Waals surface area contributed by atoms with Crippen molar-refractivity contribution >= 4 is 33.4 Å². The summed E-state index contributed by atoms with van der Waals surface area (Å²) in [5, 5.41) is 11.2. The van der Waals surface area contributed by atoms with Crippen molar-refractivity contribution in [1.29, 1.82) is 0 Å². The molecule has 4 aromatic carbocycles. The molecule has 0 aromatic heterocycles. The molecule has 2 N–H and O–H groups in total. The Bertz CT molecular complexity index is 1390. The molecule has 1 aliphatic rings. The van der Waals surface area contributed by atoms with Crippen LogP contribution in [0.2, 0.25) is 0 Å². The fourth-order valence-electron chi connectivity index (χ4n) is 5.24. The van der Waals surface area contributed by atoms with Gasteiger partial charge in [-0.3, -0.25) is 9.59 Å². The van der Waals surface area contributed by atoms with Gasteiger partial charge in [0, 0.05) is 25.9 Å². The summed E-state index contributed by atoms with van der Waals surface area (Å²) in [5.74, 6) is -0.101. The van der Waals surface area contributed by atoms with Crippen LogP contribution < -0.4 is 10.6 Å². The number of hydrogen-bond donors (Lipinski definition) is 2. The van der Waals surface area contributed by atoms with Gasteiger partial charge in [-0.1, -0.05) is 84.9 Å². The monoisotopic (exact) mass is 493 g/mol. The minimum atomic E-state index is -0.592. The Balaban J connectivity index is 1.30. The fraction of sp³-hybridized carbons (Fsp3) is 0.312. The largest absolute Gasteiger partial charge is 0.344 e. The zero-order valence-electron chi connectivity index (χ0n) is 21.5. The molecule has 1 atom stereocenters. The Labute approximate surface area is 218 Å². The van der Waals surface area contributed by atoms with Crippen LogP contribution in [0, 0.1) is 5.92 Å². The molecule has 1 unspecified atom stereocenters. The van der Waals surface area contributed by atoms with E-state index in [9.17, 15) is 9.59 Å². The number of hydrogen-bond acceptors (Lipinski definition) is 3. The molecule has 5 rings (SSSR count). The van der Waals surface area contributed by atoms with E-state index >= 15 is 0 Å². The van der Waals surface area contributed by atoms with Gasteiger partial charge in [0.05, 0.1) is 0 Å². The standard InChI is InChI=1S/C32H35N3O2/c1-35(19-16-23-10-12-25-6-2-4-8-28(25)20-23)32(37)30(34-31(36)27-14-17-33-18-15-27)22-24-11-13-26-7-3-5-9-29(26)21-24/h2-13,20-21,27,30,33H,14-19,22H2,1H3,(H,34,36). The number of piperidine rings is 1. The second-order valence-electron chi connectivity index (χ2n) is 10.2. The first-order valence-corrected chi connectivity index (χ1v) is 13.3. The first kappa shape index (κ1) is 25.0. The van der Waals surface area contributed by atoms with Crippen LogP contribution in [0.25, 0.3) is 21.5 Å². The average molecular weight is 494 g/mol. The molecule has 0 saturated carbocycles. The van der Waals surface area contributed by atoms with E-state index < -0.39 is 6.04 Å². The first-order valence-electron chi connectivity index (χ1n) is 13.3. The predicted molar refractivity (Wildman–Crippen MR) is 150 cm³/mol. The number of rotatable bonds is 8. The lowest BCUT2D eigenvalue weighted by Gasteiger charge is -2.28. The molecule has 1 fully saturated rings.